The maximum Gasteiger partial charge on any atom is 0.246 e. The molecule has 0 bridgehead atoms. The molecule has 2 amide bonds. The van der Waals surface area contributed by atoms with E-state index in [1.54, 1.807) is 17.9 Å². The number of amides is 2. The number of anilines is 3. The molecular weight excluding hydrogens is 352 g/mol. The van der Waals surface area contributed by atoms with Crippen molar-refractivity contribution in [3.63, 3.8) is 0 Å². The summed E-state index contributed by atoms with van der Waals surface area (Å²) in [4.78, 5) is 25.9. The molecule has 2 N–H and O–H groups in total. The number of halogens is 2. The predicted molar refractivity (Wildman–Crippen MR) is 101 cm³/mol. The average molecular weight is 373 g/mol. The standard InChI is InChI=1S/C20H21F2N3O2/c1-12-11-14(8-9-17(12)25-10-4-7-18(25)26)23-13(2)20(27)24-19-15(21)5-3-6-16(19)22/h3,5-6,8-9,11,13,23H,4,7,10H2,1-2H3,(H,24,27)/t13-/m0/s1. The highest BCUT2D eigenvalue weighted by atomic mass is 19.1. The van der Waals surface area contributed by atoms with Crippen molar-refractivity contribution in [2.75, 3.05) is 22.1 Å². The van der Waals surface area contributed by atoms with Gasteiger partial charge in [-0.3, -0.25) is 9.59 Å². The van der Waals surface area contributed by atoms with Crippen LogP contribution in [0.25, 0.3) is 0 Å². The Kier molecular flexibility index (Phi) is 5.39. The lowest BCUT2D eigenvalue weighted by atomic mass is 10.1. The van der Waals surface area contributed by atoms with E-state index in [0.717, 1.165) is 29.8 Å². The largest absolute Gasteiger partial charge is 0.374 e. The van der Waals surface area contributed by atoms with Gasteiger partial charge in [-0.05, 0) is 56.2 Å². The van der Waals surface area contributed by atoms with Crippen LogP contribution in [0.15, 0.2) is 36.4 Å². The summed E-state index contributed by atoms with van der Waals surface area (Å²) in [5.41, 5.74) is 1.98. The van der Waals surface area contributed by atoms with E-state index in [2.05, 4.69) is 10.6 Å². The van der Waals surface area contributed by atoms with Gasteiger partial charge >= 0.3 is 0 Å². The van der Waals surface area contributed by atoms with E-state index < -0.39 is 29.3 Å². The number of nitrogens with zero attached hydrogens (tertiary/aromatic N) is 1. The predicted octanol–water partition coefficient (Wildman–Crippen LogP) is 3.84. The second kappa shape index (κ2) is 7.73. The summed E-state index contributed by atoms with van der Waals surface area (Å²) in [5, 5.41) is 5.28. The SMILES string of the molecule is Cc1cc(N[C@@H](C)C(=O)Nc2c(F)cccc2F)ccc1N1CCCC1=O. The molecule has 1 aliphatic rings. The van der Waals surface area contributed by atoms with Crippen LogP contribution >= 0.6 is 0 Å². The van der Waals surface area contributed by atoms with Crippen LogP contribution < -0.4 is 15.5 Å². The van der Waals surface area contributed by atoms with Gasteiger partial charge in [-0.2, -0.15) is 0 Å². The highest BCUT2D eigenvalue weighted by Gasteiger charge is 2.23. The zero-order valence-corrected chi connectivity index (χ0v) is 15.2. The highest BCUT2D eigenvalue weighted by molar-refractivity contribution is 5.97. The Morgan fingerprint density at radius 3 is 2.48 bits per heavy atom. The molecule has 1 heterocycles. The molecule has 0 spiro atoms. The van der Waals surface area contributed by atoms with Gasteiger partial charge in [0.1, 0.15) is 23.4 Å². The van der Waals surface area contributed by atoms with E-state index in [4.69, 9.17) is 0 Å². The summed E-state index contributed by atoms with van der Waals surface area (Å²) in [6.07, 6.45) is 1.41. The summed E-state index contributed by atoms with van der Waals surface area (Å²) in [7, 11) is 0. The van der Waals surface area contributed by atoms with Crippen LogP contribution in [0.3, 0.4) is 0 Å². The first-order valence-corrected chi connectivity index (χ1v) is 8.79. The number of carbonyl (C=O) groups is 2. The Balaban J connectivity index is 1.68. The maximum atomic E-state index is 13.7. The number of hydrogen-bond donors (Lipinski definition) is 2. The molecule has 7 heteroatoms. The van der Waals surface area contributed by atoms with Gasteiger partial charge in [-0.1, -0.05) is 6.07 Å². The smallest absolute Gasteiger partial charge is 0.246 e. The average Bonchev–Trinajstić information content (AvgIpc) is 3.04. The number of rotatable bonds is 5. The zero-order chi connectivity index (χ0) is 19.6. The molecule has 2 aromatic rings. The lowest BCUT2D eigenvalue weighted by molar-refractivity contribution is -0.117. The molecule has 1 fully saturated rings. The van der Waals surface area contributed by atoms with E-state index in [0.29, 0.717) is 18.7 Å². The topological polar surface area (TPSA) is 61.4 Å². The van der Waals surface area contributed by atoms with Gasteiger partial charge in [0.25, 0.3) is 0 Å². The van der Waals surface area contributed by atoms with Gasteiger partial charge in [-0.15, -0.1) is 0 Å². The van der Waals surface area contributed by atoms with Crippen molar-refractivity contribution < 1.29 is 18.4 Å². The van der Waals surface area contributed by atoms with Crippen molar-refractivity contribution in [2.45, 2.75) is 32.7 Å². The van der Waals surface area contributed by atoms with Crippen molar-refractivity contribution in [1.82, 2.24) is 0 Å². The maximum absolute atomic E-state index is 13.7. The first kappa shape index (κ1) is 18.8. The summed E-state index contributed by atoms with van der Waals surface area (Å²) in [6, 6.07) is 8.13. The third-order valence-electron chi connectivity index (χ3n) is 4.55. The number of nitrogens with one attached hydrogen (secondary N) is 2. The summed E-state index contributed by atoms with van der Waals surface area (Å²) >= 11 is 0. The molecular formula is C20H21F2N3O2. The van der Waals surface area contributed by atoms with Gasteiger partial charge in [0.2, 0.25) is 11.8 Å². The monoisotopic (exact) mass is 373 g/mol. The van der Waals surface area contributed by atoms with Crippen molar-refractivity contribution in [3.05, 3.63) is 53.6 Å². The summed E-state index contributed by atoms with van der Waals surface area (Å²) in [5.74, 6) is -2.11. The quantitative estimate of drug-likeness (QED) is 0.837. The van der Waals surface area contributed by atoms with Crippen LogP contribution in [0.4, 0.5) is 25.8 Å². The van der Waals surface area contributed by atoms with Crippen LogP contribution in [0.2, 0.25) is 0 Å². The van der Waals surface area contributed by atoms with Crippen LogP contribution in [0.5, 0.6) is 0 Å². The minimum absolute atomic E-state index is 0.110. The lowest BCUT2D eigenvalue weighted by Crippen LogP contribution is -2.32. The van der Waals surface area contributed by atoms with Gasteiger partial charge in [0.05, 0.1) is 0 Å². The Labute approximate surface area is 156 Å². The third-order valence-corrected chi connectivity index (χ3v) is 4.55. The summed E-state index contributed by atoms with van der Waals surface area (Å²) in [6.45, 7) is 4.20. The second-order valence-electron chi connectivity index (χ2n) is 6.60. The highest BCUT2D eigenvalue weighted by Crippen LogP contribution is 2.28. The van der Waals surface area contributed by atoms with Crippen molar-refractivity contribution in [1.29, 1.82) is 0 Å². The van der Waals surface area contributed by atoms with E-state index in [9.17, 15) is 18.4 Å². The molecule has 1 aliphatic heterocycles. The molecule has 0 aliphatic carbocycles. The van der Waals surface area contributed by atoms with Crippen LogP contribution in [0.1, 0.15) is 25.3 Å². The molecule has 0 unspecified atom stereocenters. The molecule has 27 heavy (non-hydrogen) atoms. The number of benzene rings is 2. The van der Waals surface area contributed by atoms with E-state index in [1.165, 1.54) is 6.07 Å². The lowest BCUT2D eigenvalue weighted by Gasteiger charge is -2.20. The molecule has 5 nitrogen and oxygen atoms in total. The van der Waals surface area contributed by atoms with Crippen molar-refractivity contribution >= 4 is 28.9 Å². The van der Waals surface area contributed by atoms with E-state index in [1.807, 2.05) is 19.1 Å². The fourth-order valence-electron chi connectivity index (χ4n) is 3.12. The van der Waals surface area contributed by atoms with E-state index >= 15 is 0 Å². The Bertz CT molecular complexity index is 865. The summed E-state index contributed by atoms with van der Waals surface area (Å²) < 4.78 is 27.3. The van der Waals surface area contributed by atoms with Crippen LogP contribution in [0, 0.1) is 18.6 Å². The van der Waals surface area contributed by atoms with Gasteiger partial charge in [-0.25, -0.2) is 8.78 Å². The normalized spacial score (nSPS) is 15.0. The Morgan fingerprint density at radius 1 is 1.19 bits per heavy atom. The van der Waals surface area contributed by atoms with Gasteiger partial charge < -0.3 is 15.5 Å². The number of aryl methyl sites for hydroxylation is 1. The molecule has 0 radical (unpaired) electrons. The first-order valence-electron chi connectivity index (χ1n) is 8.79. The molecule has 0 saturated carbocycles. The van der Waals surface area contributed by atoms with Crippen molar-refractivity contribution in [2.24, 2.45) is 0 Å². The third kappa shape index (κ3) is 4.07. The second-order valence-corrected chi connectivity index (χ2v) is 6.60. The molecule has 142 valence electrons. The number of para-hydroxylation sites is 1. The van der Waals surface area contributed by atoms with Gasteiger partial charge in [0, 0.05) is 24.3 Å². The van der Waals surface area contributed by atoms with Crippen molar-refractivity contribution in [3.8, 4) is 0 Å². The molecule has 0 aromatic heterocycles. The van der Waals surface area contributed by atoms with Crippen LogP contribution in [-0.4, -0.2) is 24.4 Å². The number of hydrogen-bond acceptors (Lipinski definition) is 3. The fourth-order valence-corrected chi connectivity index (χ4v) is 3.12. The molecule has 1 atom stereocenters. The molecule has 1 saturated heterocycles. The minimum atomic E-state index is -0.828. The van der Waals surface area contributed by atoms with Gasteiger partial charge in [0.15, 0.2) is 0 Å². The van der Waals surface area contributed by atoms with Crippen LogP contribution in [-0.2, 0) is 9.59 Å². The Morgan fingerprint density at radius 2 is 1.89 bits per heavy atom. The Hall–Kier alpha value is -2.96. The minimum Gasteiger partial charge on any atom is -0.374 e. The number of carbonyl (C=O) groups excluding carboxylic acids is 2. The van der Waals surface area contributed by atoms with E-state index in [-0.39, 0.29) is 5.91 Å². The molecule has 3 rings (SSSR count). The molecule has 2 aromatic carbocycles. The fraction of sp³-hybridized carbons (Fsp3) is 0.300. The first-order chi connectivity index (χ1) is 12.9. The zero-order valence-electron chi connectivity index (χ0n) is 15.2.